The van der Waals surface area contributed by atoms with Crippen molar-refractivity contribution in [2.24, 2.45) is 5.92 Å². The number of aromatic nitrogens is 2. The number of hydrogen-bond donors (Lipinski definition) is 1. The van der Waals surface area contributed by atoms with Crippen molar-refractivity contribution in [2.45, 2.75) is 51.5 Å². The Labute approximate surface area is 97.2 Å². The maximum atomic E-state index is 4.82. The van der Waals surface area contributed by atoms with Crippen LogP contribution in [0.25, 0.3) is 0 Å². The molecule has 0 bridgehead atoms. The van der Waals surface area contributed by atoms with Gasteiger partial charge < -0.3 is 5.32 Å². The molecule has 0 spiro atoms. The second-order valence-corrected chi connectivity index (χ2v) is 6.23. The Bertz CT molecular complexity index is 396. The van der Waals surface area contributed by atoms with Crippen LogP contribution in [0.15, 0.2) is 6.07 Å². The SMILES string of the molecule is CC(C)(C)c1cc2n(n1)C(C1CC1)CCN2. The highest BCUT2D eigenvalue weighted by atomic mass is 15.4. The molecule has 0 radical (unpaired) electrons. The van der Waals surface area contributed by atoms with Gasteiger partial charge >= 0.3 is 0 Å². The van der Waals surface area contributed by atoms with Crippen LogP contribution < -0.4 is 5.32 Å². The van der Waals surface area contributed by atoms with E-state index in [1.54, 1.807) is 0 Å². The lowest BCUT2D eigenvalue weighted by molar-refractivity contribution is 0.368. The van der Waals surface area contributed by atoms with Gasteiger partial charge in [0, 0.05) is 18.0 Å². The van der Waals surface area contributed by atoms with Crippen molar-refractivity contribution in [3.05, 3.63) is 11.8 Å². The summed E-state index contributed by atoms with van der Waals surface area (Å²) in [7, 11) is 0. The van der Waals surface area contributed by atoms with E-state index in [1.165, 1.54) is 30.8 Å². The molecule has 2 aliphatic rings. The summed E-state index contributed by atoms with van der Waals surface area (Å²) in [6.45, 7) is 7.80. The topological polar surface area (TPSA) is 29.9 Å². The third kappa shape index (κ3) is 1.62. The van der Waals surface area contributed by atoms with Crippen LogP contribution >= 0.6 is 0 Å². The molecule has 1 saturated carbocycles. The zero-order valence-corrected chi connectivity index (χ0v) is 10.5. The maximum Gasteiger partial charge on any atom is 0.124 e. The molecule has 1 aliphatic heterocycles. The Balaban J connectivity index is 1.97. The van der Waals surface area contributed by atoms with Gasteiger partial charge in [0.1, 0.15) is 5.82 Å². The average molecular weight is 219 g/mol. The Morgan fingerprint density at radius 2 is 2.06 bits per heavy atom. The second kappa shape index (κ2) is 3.25. The first-order chi connectivity index (χ1) is 7.55. The van der Waals surface area contributed by atoms with Crippen LogP contribution in [0.3, 0.4) is 0 Å². The molecule has 3 rings (SSSR count). The number of rotatable bonds is 1. The van der Waals surface area contributed by atoms with Crippen molar-refractivity contribution < 1.29 is 0 Å². The van der Waals surface area contributed by atoms with Gasteiger partial charge in [-0.15, -0.1) is 0 Å². The van der Waals surface area contributed by atoms with Crippen molar-refractivity contribution in [2.75, 3.05) is 11.9 Å². The monoisotopic (exact) mass is 219 g/mol. The van der Waals surface area contributed by atoms with E-state index in [4.69, 9.17) is 5.10 Å². The first-order valence-corrected chi connectivity index (χ1v) is 6.39. The van der Waals surface area contributed by atoms with E-state index in [9.17, 15) is 0 Å². The predicted octanol–water partition coefficient (Wildman–Crippen LogP) is 2.95. The summed E-state index contributed by atoms with van der Waals surface area (Å²) in [6, 6.07) is 2.89. The maximum absolute atomic E-state index is 4.82. The minimum atomic E-state index is 0.153. The lowest BCUT2D eigenvalue weighted by Gasteiger charge is -2.25. The molecule has 1 unspecified atom stereocenters. The van der Waals surface area contributed by atoms with Crippen LogP contribution in [0.4, 0.5) is 5.82 Å². The van der Waals surface area contributed by atoms with Gasteiger partial charge in [-0.05, 0) is 25.2 Å². The molecule has 0 amide bonds. The second-order valence-electron chi connectivity index (χ2n) is 6.23. The van der Waals surface area contributed by atoms with Gasteiger partial charge in [0.05, 0.1) is 11.7 Å². The summed E-state index contributed by atoms with van der Waals surface area (Å²) in [6.07, 6.45) is 4.03. The lowest BCUT2D eigenvalue weighted by atomic mass is 9.92. The van der Waals surface area contributed by atoms with Gasteiger partial charge in [-0.3, -0.25) is 0 Å². The Morgan fingerprint density at radius 1 is 1.31 bits per heavy atom. The summed E-state index contributed by atoms with van der Waals surface area (Å²) >= 11 is 0. The standard InChI is InChI=1S/C13H21N3/c1-13(2,3)11-8-12-14-7-6-10(9-4-5-9)16(12)15-11/h8-10,14H,4-7H2,1-3H3. The Morgan fingerprint density at radius 3 is 2.69 bits per heavy atom. The Kier molecular flexibility index (Phi) is 2.07. The van der Waals surface area contributed by atoms with E-state index in [0.29, 0.717) is 6.04 Å². The highest BCUT2D eigenvalue weighted by molar-refractivity contribution is 5.41. The molecule has 0 saturated heterocycles. The van der Waals surface area contributed by atoms with Crippen LogP contribution in [0.2, 0.25) is 0 Å². The first-order valence-electron chi connectivity index (χ1n) is 6.39. The van der Waals surface area contributed by atoms with Crippen molar-refractivity contribution in [3.8, 4) is 0 Å². The van der Waals surface area contributed by atoms with E-state index in [1.807, 2.05) is 0 Å². The van der Waals surface area contributed by atoms with Crippen LogP contribution in [0, 0.1) is 5.92 Å². The molecule has 3 nitrogen and oxygen atoms in total. The molecular formula is C13H21N3. The summed E-state index contributed by atoms with van der Waals surface area (Å²) in [4.78, 5) is 0. The molecular weight excluding hydrogens is 198 g/mol. The van der Waals surface area contributed by atoms with E-state index in [0.717, 1.165) is 12.5 Å². The highest BCUT2D eigenvalue weighted by Gasteiger charge is 2.36. The fraction of sp³-hybridized carbons (Fsp3) is 0.769. The van der Waals surface area contributed by atoms with Gasteiger partial charge in [-0.1, -0.05) is 20.8 Å². The number of anilines is 1. The zero-order chi connectivity index (χ0) is 11.3. The molecule has 88 valence electrons. The predicted molar refractivity (Wildman–Crippen MR) is 65.8 cm³/mol. The van der Waals surface area contributed by atoms with Crippen molar-refractivity contribution in [1.82, 2.24) is 9.78 Å². The van der Waals surface area contributed by atoms with Gasteiger partial charge in [0.2, 0.25) is 0 Å². The number of fused-ring (bicyclic) bond motifs is 1. The number of nitrogens with one attached hydrogen (secondary N) is 1. The average Bonchev–Trinajstić information content (AvgIpc) is 2.93. The summed E-state index contributed by atoms with van der Waals surface area (Å²) in [5, 5.41) is 8.29. The fourth-order valence-corrected chi connectivity index (χ4v) is 2.53. The summed E-state index contributed by atoms with van der Waals surface area (Å²) < 4.78 is 2.25. The lowest BCUT2D eigenvalue weighted by Crippen LogP contribution is -2.25. The van der Waals surface area contributed by atoms with Crippen LogP contribution in [-0.4, -0.2) is 16.3 Å². The van der Waals surface area contributed by atoms with Crippen molar-refractivity contribution in [3.63, 3.8) is 0 Å². The normalized spacial score (nSPS) is 25.1. The molecule has 1 aromatic heterocycles. The highest BCUT2D eigenvalue weighted by Crippen LogP contribution is 2.44. The third-order valence-electron chi connectivity index (χ3n) is 3.73. The van der Waals surface area contributed by atoms with Gasteiger partial charge in [-0.2, -0.15) is 5.10 Å². The summed E-state index contributed by atoms with van der Waals surface area (Å²) in [5.74, 6) is 2.13. The first kappa shape index (κ1) is 10.2. The zero-order valence-electron chi connectivity index (χ0n) is 10.5. The minimum absolute atomic E-state index is 0.153. The number of nitrogens with zero attached hydrogens (tertiary/aromatic N) is 2. The van der Waals surface area contributed by atoms with E-state index >= 15 is 0 Å². The molecule has 1 atom stereocenters. The van der Waals surface area contributed by atoms with Gasteiger partial charge in [-0.25, -0.2) is 4.68 Å². The molecule has 16 heavy (non-hydrogen) atoms. The molecule has 1 fully saturated rings. The summed E-state index contributed by atoms with van der Waals surface area (Å²) in [5.41, 5.74) is 1.36. The molecule has 2 heterocycles. The van der Waals surface area contributed by atoms with Crippen molar-refractivity contribution in [1.29, 1.82) is 0 Å². The van der Waals surface area contributed by atoms with E-state index in [2.05, 4.69) is 36.8 Å². The smallest absolute Gasteiger partial charge is 0.124 e. The molecule has 0 aromatic carbocycles. The third-order valence-corrected chi connectivity index (χ3v) is 3.73. The van der Waals surface area contributed by atoms with Crippen LogP contribution in [-0.2, 0) is 5.41 Å². The van der Waals surface area contributed by atoms with Gasteiger partial charge in [0.15, 0.2) is 0 Å². The van der Waals surface area contributed by atoms with Gasteiger partial charge in [0.25, 0.3) is 0 Å². The quantitative estimate of drug-likeness (QED) is 0.787. The number of hydrogen-bond acceptors (Lipinski definition) is 2. The fourth-order valence-electron chi connectivity index (χ4n) is 2.53. The largest absolute Gasteiger partial charge is 0.370 e. The van der Waals surface area contributed by atoms with E-state index in [-0.39, 0.29) is 5.41 Å². The Hall–Kier alpha value is -0.990. The molecule has 3 heteroatoms. The molecule has 1 aliphatic carbocycles. The molecule has 1 aromatic rings. The van der Waals surface area contributed by atoms with Crippen LogP contribution in [0.1, 0.15) is 51.8 Å². The van der Waals surface area contributed by atoms with E-state index < -0.39 is 0 Å². The van der Waals surface area contributed by atoms with Crippen LogP contribution in [0.5, 0.6) is 0 Å². The van der Waals surface area contributed by atoms with Crippen molar-refractivity contribution >= 4 is 5.82 Å². The molecule has 1 N–H and O–H groups in total. The minimum Gasteiger partial charge on any atom is -0.370 e.